The molecule has 3 heterocycles. The number of carbonyl (C=O) groups excluding carboxylic acids is 1. The summed E-state index contributed by atoms with van der Waals surface area (Å²) in [5.74, 6) is 0.616. The molecule has 0 aromatic carbocycles. The van der Waals surface area contributed by atoms with E-state index >= 15 is 0 Å². The van der Waals surface area contributed by atoms with Crippen molar-refractivity contribution in [3.05, 3.63) is 29.4 Å². The number of thiazole rings is 1. The lowest BCUT2D eigenvalue weighted by atomic mass is 10.2. The number of pyridine rings is 1. The molecular formula is C14H16N4OS. The van der Waals surface area contributed by atoms with E-state index in [0.29, 0.717) is 5.82 Å². The van der Waals surface area contributed by atoms with Crippen molar-refractivity contribution in [2.45, 2.75) is 25.8 Å². The minimum Gasteiger partial charge on any atom is -0.309 e. The van der Waals surface area contributed by atoms with Crippen LogP contribution in [0.1, 0.15) is 18.5 Å². The Morgan fingerprint density at radius 3 is 3.10 bits per heavy atom. The molecule has 1 fully saturated rings. The number of hydrogen-bond acceptors (Lipinski definition) is 5. The number of anilines is 1. The zero-order chi connectivity index (χ0) is 13.9. The second-order valence-corrected chi connectivity index (χ2v) is 5.72. The van der Waals surface area contributed by atoms with E-state index in [1.54, 1.807) is 6.20 Å². The molecule has 6 heteroatoms. The van der Waals surface area contributed by atoms with Crippen molar-refractivity contribution in [1.29, 1.82) is 0 Å². The fourth-order valence-corrected chi connectivity index (χ4v) is 2.92. The standard InChI is InChI=1S/C14H16N4OS/c1-9-4-5-10(7-16-9)14-18-12(8-20-14)17-13(19)11-3-2-6-15-11/h4-5,7-8,11,15H,2-3,6H2,1H3,(H,17,19). The van der Waals surface area contributed by atoms with Gasteiger partial charge in [0.15, 0.2) is 0 Å². The van der Waals surface area contributed by atoms with E-state index in [1.807, 2.05) is 24.4 Å². The van der Waals surface area contributed by atoms with Gasteiger partial charge >= 0.3 is 0 Å². The Morgan fingerprint density at radius 2 is 2.40 bits per heavy atom. The average Bonchev–Trinajstić information content (AvgIpc) is 3.10. The summed E-state index contributed by atoms with van der Waals surface area (Å²) in [5.41, 5.74) is 1.95. The smallest absolute Gasteiger partial charge is 0.242 e. The molecule has 1 saturated heterocycles. The second kappa shape index (κ2) is 5.68. The Morgan fingerprint density at radius 1 is 1.50 bits per heavy atom. The third kappa shape index (κ3) is 2.86. The summed E-state index contributed by atoms with van der Waals surface area (Å²) in [6.45, 7) is 2.86. The van der Waals surface area contributed by atoms with Crippen molar-refractivity contribution >= 4 is 23.1 Å². The number of aryl methyl sites for hydroxylation is 1. The topological polar surface area (TPSA) is 66.9 Å². The van der Waals surface area contributed by atoms with Gasteiger partial charge in [0.05, 0.1) is 6.04 Å². The highest BCUT2D eigenvalue weighted by molar-refractivity contribution is 7.13. The van der Waals surface area contributed by atoms with Gasteiger partial charge in [-0.25, -0.2) is 4.98 Å². The number of aromatic nitrogens is 2. The highest BCUT2D eigenvalue weighted by atomic mass is 32.1. The van der Waals surface area contributed by atoms with Crippen LogP contribution in [0.2, 0.25) is 0 Å². The minimum atomic E-state index is -0.0822. The average molecular weight is 288 g/mol. The second-order valence-electron chi connectivity index (χ2n) is 4.86. The fraction of sp³-hybridized carbons (Fsp3) is 0.357. The summed E-state index contributed by atoms with van der Waals surface area (Å²) in [5, 5.41) is 8.77. The maximum absolute atomic E-state index is 12.0. The van der Waals surface area contributed by atoms with Crippen LogP contribution >= 0.6 is 11.3 Å². The molecule has 20 heavy (non-hydrogen) atoms. The fourth-order valence-electron chi connectivity index (χ4n) is 2.18. The molecule has 0 spiro atoms. The van der Waals surface area contributed by atoms with Gasteiger partial charge in [0, 0.05) is 22.8 Å². The van der Waals surface area contributed by atoms with Crippen LogP contribution in [0.25, 0.3) is 10.6 Å². The molecule has 3 rings (SSSR count). The Kier molecular flexibility index (Phi) is 3.75. The number of nitrogens with zero attached hydrogens (tertiary/aromatic N) is 2. The summed E-state index contributed by atoms with van der Waals surface area (Å²) < 4.78 is 0. The van der Waals surface area contributed by atoms with Gasteiger partial charge in [-0.3, -0.25) is 9.78 Å². The van der Waals surface area contributed by atoms with Crippen LogP contribution in [-0.4, -0.2) is 28.5 Å². The van der Waals surface area contributed by atoms with E-state index in [1.165, 1.54) is 11.3 Å². The SMILES string of the molecule is Cc1ccc(-c2nc(NC(=O)C3CCCN3)cs2)cn1. The zero-order valence-electron chi connectivity index (χ0n) is 11.2. The molecule has 5 nitrogen and oxygen atoms in total. The number of rotatable bonds is 3. The molecule has 104 valence electrons. The molecule has 2 aromatic heterocycles. The first-order valence-electron chi connectivity index (χ1n) is 6.65. The normalized spacial score (nSPS) is 18.1. The highest BCUT2D eigenvalue weighted by Crippen LogP contribution is 2.25. The minimum absolute atomic E-state index is 0.00128. The first-order chi connectivity index (χ1) is 9.72. The van der Waals surface area contributed by atoms with Crippen LogP contribution in [-0.2, 0) is 4.79 Å². The Labute approximate surface area is 121 Å². The molecule has 2 N–H and O–H groups in total. The molecule has 1 unspecified atom stereocenters. The molecule has 2 aromatic rings. The van der Waals surface area contributed by atoms with Gasteiger partial charge in [0.1, 0.15) is 10.8 Å². The number of carbonyl (C=O) groups is 1. The third-order valence-electron chi connectivity index (χ3n) is 3.29. The van der Waals surface area contributed by atoms with Crippen LogP contribution in [0.3, 0.4) is 0 Å². The van der Waals surface area contributed by atoms with Crippen molar-refractivity contribution in [2.24, 2.45) is 0 Å². The molecule has 0 radical (unpaired) electrons. The van der Waals surface area contributed by atoms with E-state index in [9.17, 15) is 4.79 Å². The molecule has 0 saturated carbocycles. The quantitative estimate of drug-likeness (QED) is 0.908. The summed E-state index contributed by atoms with van der Waals surface area (Å²) in [4.78, 5) is 20.7. The summed E-state index contributed by atoms with van der Waals surface area (Å²) >= 11 is 1.51. The van der Waals surface area contributed by atoms with E-state index < -0.39 is 0 Å². The first kappa shape index (κ1) is 13.2. The van der Waals surface area contributed by atoms with Crippen LogP contribution in [0.15, 0.2) is 23.7 Å². The zero-order valence-corrected chi connectivity index (χ0v) is 12.0. The number of hydrogen-bond donors (Lipinski definition) is 2. The summed E-state index contributed by atoms with van der Waals surface area (Å²) in [7, 11) is 0. The predicted octanol–water partition coefficient (Wildman–Crippen LogP) is 2.20. The van der Waals surface area contributed by atoms with Crippen molar-refractivity contribution in [3.63, 3.8) is 0 Å². The van der Waals surface area contributed by atoms with Crippen LogP contribution in [0.5, 0.6) is 0 Å². The van der Waals surface area contributed by atoms with Gasteiger partial charge in [-0.2, -0.15) is 0 Å². The maximum atomic E-state index is 12.0. The first-order valence-corrected chi connectivity index (χ1v) is 7.53. The van der Waals surface area contributed by atoms with Gasteiger partial charge in [0.2, 0.25) is 5.91 Å². The highest BCUT2D eigenvalue weighted by Gasteiger charge is 2.22. The lowest BCUT2D eigenvalue weighted by molar-refractivity contribution is -0.117. The van der Waals surface area contributed by atoms with Gasteiger partial charge in [-0.15, -0.1) is 11.3 Å². The molecule has 1 aliphatic heterocycles. The van der Waals surface area contributed by atoms with Gasteiger partial charge < -0.3 is 10.6 Å². The maximum Gasteiger partial charge on any atom is 0.242 e. The molecule has 0 aliphatic carbocycles. The van der Waals surface area contributed by atoms with Crippen LogP contribution < -0.4 is 10.6 Å². The number of amides is 1. The van der Waals surface area contributed by atoms with Crippen LogP contribution in [0, 0.1) is 6.92 Å². The molecule has 1 aliphatic rings. The third-order valence-corrected chi connectivity index (χ3v) is 4.18. The largest absolute Gasteiger partial charge is 0.309 e. The van der Waals surface area contributed by atoms with Crippen LogP contribution in [0.4, 0.5) is 5.82 Å². The Hall–Kier alpha value is -1.79. The lowest BCUT2D eigenvalue weighted by Gasteiger charge is -2.08. The summed E-state index contributed by atoms with van der Waals surface area (Å²) in [6, 6.07) is 3.86. The van der Waals surface area contributed by atoms with Gasteiger partial charge in [-0.05, 0) is 38.4 Å². The summed E-state index contributed by atoms with van der Waals surface area (Å²) in [6.07, 6.45) is 3.75. The Balaban J connectivity index is 1.70. The van der Waals surface area contributed by atoms with E-state index in [4.69, 9.17) is 0 Å². The van der Waals surface area contributed by atoms with Crippen molar-refractivity contribution in [3.8, 4) is 10.6 Å². The Bertz CT molecular complexity index is 602. The van der Waals surface area contributed by atoms with Crippen molar-refractivity contribution in [1.82, 2.24) is 15.3 Å². The van der Waals surface area contributed by atoms with Crippen molar-refractivity contribution < 1.29 is 4.79 Å². The monoisotopic (exact) mass is 288 g/mol. The molecule has 1 atom stereocenters. The van der Waals surface area contributed by atoms with E-state index in [2.05, 4.69) is 20.6 Å². The van der Waals surface area contributed by atoms with E-state index in [-0.39, 0.29) is 11.9 Å². The van der Waals surface area contributed by atoms with Gasteiger partial charge in [0.25, 0.3) is 0 Å². The molecule has 1 amide bonds. The predicted molar refractivity (Wildman–Crippen MR) is 79.7 cm³/mol. The lowest BCUT2D eigenvalue weighted by Crippen LogP contribution is -2.35. The van der Waals surface area contributed by atoms with Crippen molar-refractivity contribution in [2.75, 3.05) is 11.9 Å². The van der Waals surface area contributed by atoms with Gasteiger partial charge in [-0.1, -0.05) is 0 Å². The van der Waals surface area contributed by atoms with E-state index in [0.717, 1.165) is 35.7 Å². The molecule has 0 bridgehead atoms. The number of nitrogens with one attached hydrogen (secondary N) is 2. The molecular weight excluding hydrogens is 272 g/mol.